The molecule has 1 aromatic rings. The van der Waals surface area contributed by atoms with Crippen molar-refractivity contribution >= 4 is 17.2 Å². The van der Waals surface area contributed by atoms with Crippen molar-refractivity contribution in [1.29, 1.82) is 0 Å². The van der Waals surface area contributed by atoms with E-state index in [1.54, 1.807) is 11.3 Å². The van der Waals surface area contributed by atoms with Gasteiger partial charge in [-0.2, -0.15) is 0 Å². The first-order chi connectivity index (χ1) is 10.7. The van der Waals surface area contributed by atoms with E-state index < -0.39 is 0 Å². The molecule has 1 aromatic heterocycles. The number of nitrogens with zero attached hydrogens (tertiary/aromatic N) is 3. The molecule has 0 unspecified atom stereocenters. The Morgan fingerprint density at radius 2 is 2.05 bits per heavy atom. The highest BCUT2D eigenvalue weighted by molar-refractivity contribution is 7.09. The summed E-state index contributed by atoms with van der Waals surface area (Å²) in [5.74, 6) is 0.945. The second-order valence-corrected chi connectivity index (χ2v) is 7.47. The Morgan fingerprint density at radius 3 is 2.68 bits per heavy atom. The van der Waals surface area contributed by atoms with E-state index in [2.05, 4.69) is 25.5 Å². The topological polar surface area (TPSA) is 48.5 Å². The normalized spacial score (nSPS) is 21.2. The first kappa shape index (κ1) is 15.9. The van der Waals surface area contributed by atoms with Crippen LogP contribution in [0.2, 0.25) is 0 Å². The van der Waals surface area contributed by atoms with Gasteiger partial charge >= 0.3 is 0 Å². The second-order valence-electron chi connectivity index (χ2n) is 6.41. The predicted molar refractivity (Wildman–Crippen MR) is 88.9 cm³/mol. The van der Waals surface area contributed by atoms with Crippen LogP contribution in [-0.4, -0.2) is 60.0 Å². The highest BCUT2D eigenvalue weighted by Gasteiger charge is 2.24. The van der Waals surface area contributed by atoms with E-state index in [4.69, 9.17) is 0 Å². The zero-order valence-corrected chi connectivity index (χ0v) is 14.2. The van der Waals surface area contributed by atoms with Gasteiger partial charge < -0.3 is 10.2 Å². The van der Waals surface area contributed by atoms with Crippen LogP contribution in [0.15, 0.2) is 5.38 Å². The van der Waals surface area contributed by atoms with E-state index in [1.807, 2.05) is 6.92 Å². The molecular weight excluding hydrogens is 296 g/mol. The average molecular weight is 322 g/mol. The molecule has 0 radical (unpaired) electrons. The van der Waals surface area contributed by atoms with Gasteiger partial charge in [-0.3, -0.25) is 9.69 Å². The van der Waals surface area contributed by atoms with E-state index >= 15 is 0 Å². The molecule has 0 spiro atoms. The highest BCUT2D eigenvalue weighted by atomic mass is 32.1. The minimum absolute atomic E-state index is 0.357. The van der Waals surface area contributed by atoms with Gasteiger partial charge in [-0.1, -0.05) is 0 Å². The maximum Gasteiger partial charge on any atom is 0.222 e. The minimum atomic E-state index is 0.357. The zero-order valence-electron chi connectivity index (χ0n) is 13.4. The molecule has 1 amide bonds. The summed E-state index contributed by atoms with van der Waals surface area (Å²) < 4.78 is 0. The molecule has 2 fully saturated rings. The monoisotopic (exact) mass is 322 g/mol. The first-order valence-electron chi connectivity index (χ1n) is 8.32. The number of piperazine rings is 1. The number of aromatic nitrogens is 1. The van der Waals surface area contributed by atoms with Crippen LogP contribution in [0.5, 0.6) is 0 Å². The lowest BCUT2D eigenvalue weighted by Crippen LogP contribution is -2.48. The van der Waals surface area contributed by atoms with Crippen LogP contribution < -0.4 is 5.32 Å². The van der Waals surface area contributed by atoms with E-state index in [9.17, 15) is 4.79 Å². The summed E-state index contributed by atoms with van der Waals surface area (Å²) in [6, 6.07) is 0. The third-order valence-corrected chi connectivity index (χ3v) is 5.52. The number of amides is 1. The van der Waals surface area contributed by atoms with Crippen molar-refractivity contribution in [3.63, 3.8) is 0 Å². The second kappa shape index (κ2) is 7.53. The van der Waals surface area contributed by atoms with Gasteiger partial charge in [0.25, 0.3) is 0 Å². The van der Waals surface area contributed by atoms with Gasteiger partial charge in [-0.15, -0.1) is 11.3 Å². The van der Waals surface area contributed by atoms with Crippen LogP contribution in [0.3, 0.4) is 0 Å². The number of nitrogens with one attached hydrogen (secondary N) is 1. The smallest absolute Gasteiger partial charge is 0.222 e. The van der Waals surface area contributed by atoms with Gasteiger partial charge in [-0.05, 0) is 38.8 Å². The molecule has 2 aliphatic heterocycles. The lowest BCUT2D eigenvalue weighted by atomic mass is 9.94. The molecule has 0 saturated carbocycles. The van der Waals surface area contributed by atoms with Gasteiger partial charge in [0.05, 0.1) is 10.7 Å². The fourth-order valence-electron chi connectivity index (χ4n) is 3.33. The lowest BCUT2D eigenvalue weighted by molar-refractivity contribution is -0.134. The van der Waals surface area contributed by atoms with Crippen LogP contribution in [0.25, 0.3) is 0 Å². The summed E-state index contributed by atoms with van der Waals surface area (Å²) in [5.41, 5.74) is 1.16. The van der Waals surface area contributed by atoms with Crippen LogP contribution in [0, 0.1) is 12.8 Å². The number of aryl methyl sites for hydroxylation is 1. The van der Waals surface area contributed by atoms with Crippen molar-refractivity contribution in [1.82, 2.24) is 20.1 Å². The predicted octanol–water partition coefficient (Wildman–Crippen LogP) is 1.49. The quantitative estimate of drug-likeness (QED) is 0.912. The molecule has 22 heavy (non-hydrogen) atoms. The molecule has 1 N–H and O–H groups in total. The molecule has 6 heteroatoms. The summed E-state index contributed by atoms with van der Waals surface area (Å²) in [4.78, 5) is 21.4. The van der Waals surface area contributed by atoms with Crippen molar-refractivity contribution in [2.45, 2.75) is 32.7 Å². The zero-order chi connectivity index (χ0) is 15.4. The maximum absolute atomic E-state index is 12.4. The Hall–Kier alpha value is -0.980. The molecule has 2 aliphatic rings. The number of thiazole rings is 1. The van der Waals surface area contributed by atoms with Crippen LogP contribution >= 0.6 is 11.3 Å². The van der Waals surface area contributed by atoms with Gasteiger partial charge in [-0.25, -0.2) is 4.98 Å². The van der Waals surface area contributed by atoms with Gasteiger partial charge in [0.1, 0.15) is 0 Å². The number of hydrogen-bond donors (Lipinski definition) is 1. The number of piperidine rings is 1. The van der Waals surface area contributed by atoms with Gasteiger partial charge in [0, 0.05) is 44.5 Å². The maximum atomic E-state index is 12.4. The summed E-state index contributed by atoms with van der Waals surface area (Å²) in [7, 11) is 0. The molecule has 5 nitrogen and oxygen atoms in total. The fourth-order valence-corrected chi connectivity index (χ4v) is 3.93. The summed E-state index contributed by atoms with van der Waals surface area (Å²) in [6.45, 7) is 8.77. The fraction of sp³-hybridized carbons (Fsp3) is 0.750. The molecule has 0 bridgehead atoms. The van der Waals surface area contributed by atoms with Crippen molar-refractivity contribution in [2.24, 2.45) is 5.92 Å². The molecule has 122 valence electrons. The summed E-state index contributed by atoms with van der Waals surface area (Å²) >= 11 is 1.71. The molecule has 2 saturated heterocycles. The number of carbonyl (C=O) groups is 1. The molecular formula is C16H26N4OS. The Kier molecular flexibility index (Phi) is 5.44. The largest absolute Gasteiger partial charge is 0.340 e. The van der Waals surface area contributed by atoms with E-state index in [-0.39, 0.29) is 0 Å². The van der Waals surface area contributed by atoms with E-state index in [0.29, 0.717) is 11.8 Å². The van der Waals surface area contributed by atoms with Crippen LogP contribution in [-0.2, 0) is 11.3 Å². The number of hydrogen-bond acceptors (Lipinski definition) is 5. The Morgan fingerprint density at radius 1 is 1.32 bits per heavy atom. The average Bonchev–Trinajstić information content (AvgIpc) is 2.94. The lowest BCUT2D eigenvalue weighted by Gasteiger charge is -2.35. The summed E-state index contributed by atoms with van der Waals surface area (Å²) in [6.07, 6.45) is 3.04. The van der Waals surface area contributed by atoms with Crippen molar-refractivity contribution in [3.8, 4) is 0 Å². The third-order valence-electron chi connectivity index (χ3n) is 4.70. The summed E-state index contributed by atoms with van der Waals surface area (Å²) in [5, 5.41) is 6.63. The van der Waals surface area contributed by atoms with Crippen molar-refractivity contribution in [3.05, 3.63) is 16.1 Å². The SMILES string of the molecule is Cc1nc(CN2CCN(C(=O)CC3CCNCC3)CC2)cs1. The first-order valence-corrected chi connectivity index (χ1v) is 9.20. The molecule has 3 heterocycles. The van der Waals surface area contributed by atoms with Crippen LogP contribution in [0.4, 0.5) is 0 Å². The number of carbonyl (C=O) groups excluding carboxylic acids is 1. The standard InChI is InChI=1S/C16H26N4OS/c1-13-18-15(12-22-13)11-19-6-8-20(9-7-19)16(21)10-14-2-4-17-5-3-14/h12,14,17H,2-11H2,1H3. The Bertz CT molecular complexity index is 490. The number of rotatable bonds is 4. The van der Waals surface area contributed by atoms with Gasteiger partial charge in [0.2, 0.25) is 5.91 Å². The van der Waals surface area contributed by atoms with Crippen LogP contribution in [0.1, 0.15) is 30.0 Å². The van der Waals surface area contributed by atoms with Crippen molar-refractivity contribution in [2.75, 3.05) is 39.3 Å². The van der Waals surface area contributed by atoms with E-state index in [0.717, 1.165) is 75.8 Å². The Balaban J connectivity index is 1.41. The third kappa shape index (κ3) is 4.27. The molecule has 0 aliphatic carbocycles. The molecule has 0 atom stereocenters. The molecule has 0 aromatic carbocycles. The van der Waals surface area contributed by atoms with E-state index in [1.165, 1.54) is 0 Å². The molecule has 3 rings (SSSR count). The Labute approximate surface area is 136 Å². The van der Waals surface area contributed by atoms with Gasteiger partial charge in [0.15, 0.2) is 0 Å². The minimum Gasteiger partial charge on any atom is -0.340 e. The highest BCUT2D eigenvalue weighted by Crippen LogP contribution is 2.18. The van der Waals surface area contributed by atoms with Crippen molar-refractivity contribution < 1.29 is 4.79 Å².